The van der Waals surface area contributed by atoms with Crippen molar-refractivity contribution in [1.82, 2.24) is 57.3 Å². The van der Waals surface area contributed by atoms with Crippen LogP contribution in [0.3, 0.4) is 0 Å². The van der Waals surface area contributed by atoms with Gasteiger partial charge in [0.1, 0.15) is 124 Å². The number of aromatic nitrogens is 12. The van der Waals surface area contributed by atoms with Crippen molar-refractivity contribution in [1.29, 1.82) is 0 Å². The van der Waals surface area contributed by atoms with Crippen LogP contribution in [-0.4, -0.2) is 274 Å². The lowest BCUT2D eigenvalue weighted by Gasteiger charge is -2.37. The highest BCUT2D eigenvalue weighted by atomic mass is 32.7. The van der Waals surface area contributed by atoms with Gasteiger partial charge in [-0.3, -0.25) is 75.6 Å². The molecule has 12 rings (SSSR count). The molecule has 64 heteroatoms. The van der Waals surface area contributed by atoms with Crippen LogP contribution in [-0.2, 0) is 168 Å². The molecular formula is C73H102N14O41P5S4-5. The van der Waals surface area contributed by atoms with Crippen LogP contribution in [0.2, 0.25) is 0 Å². The lowest BCUT2D eigenvalue weighted by molar-refractivity contribution is -0.238. The monoisotopic (exact) mass is 2110 g/mol. The molecule has 0 aliphatic carbocycles. The summed E-state index contributed by atoms with van der Waals surface area (Å²) in [7, 11) is -0.941. The molecule has 6 aromatic rings. The first-order chi connectivity index (χ1) is 64.7. The lowest BCUT2D eigenvalue weighted by Crippen LogP contribution is -2.43. The fourth-order valence-electron chi connectivity index (χ4n) is 15.3. The predicted molar refractivity (Wildman–Crippen MR) is 475 cm³/mol. The summed E-state index contributed by atoms with van der Waals surface area (Å²) >= 11 is 22.0. The van der Waals surface area contributed by atoms with Crippen molar-refractivity contribution in [3.05, 3.63) is 175 Å². The van der Waals surface area contributed by atoms with Gasteiger partial charge < -0.3 is 160 Å². The van der Waals surface area contributed by atoms with E-state index in [-0.39, 0.29) is 91.9 Å². The number of aryl methyl sites for hydroxylation is 6. The van der Waals surface area contributed by atoms with Crippen LogP contribution in [0.4, 0.5) is 11.6 Å². The summed E-state index contributed by atoms with van der Waals surface area (Å²) in [5.74, 6) is -0.308. The molecule has 55 nitrogen and oxygen atoms in total. The molecule has 0 saturated carbocycles. The average molecular weight is 2110 g/mol. The van der Waals surface area contributed by atoms with Gasteiger partial charge in [0, 0.05) is 112 Å². The third-order valence-electron chi connectivity index (χ3n) is 22.2. The van der Waals surface area contributed by atoms with Gasteiger partial charge in [-0.05, 0) is 48.0 Å². The molecule has 11 unspecified atom stereocenters. The number of nitrogen functional groups attached to an aromatic ring is 2. The lowest BCUT2D eigenvalue weighted by atomic mass is 10.1. The molecule has 137 heavy (non-hydrogen) atoms. The molecule has 9 N–H and O–H groups in total. The summed E-state index contributed by atoms with van der Waals surface area (Å²) < 4.78 is 177. The second-order valence-corrected chi connectivity index (χ2v) is 44.0. The Hall–Kier alpha value is -6.32. The molecule has 6 fully saturated rings. The molecule has 6 aromatic heterocycles. The topological polar surface area (TPSA) is 709 Å². The van der Waals surface area contributed by atoms with Crippen molar-refractivity contribution in [2.24, 2.45) is 0 Å². The van der Waals surface area contributed by atoms with Crippen molar-refractivity contribution in [3.63, 3.8) is 0 Å². The highest BCUT2D eigenvalue weighted by Crippen LogP contribution is 2.56. The van der Waals surface area contributed by atoms with E-state index in [9.17, 15) is 67.4 Å². The fourth-order valence-corrected chi connectivity index (χ4v) is 22.1. The summed E-state index contributed by atoms with van der Waals surface area (Å²) in [6.07, 6.45) is -29.6. The number of hydrogen-bond acceptors (Lipinski definition) is 49. The standard InChI is InChI=1S/C73H107N14O41P5S4/c1-12-40-41(21-48(118-40)82-25-36(4)60(89)78-70(82)95)124-130(101,134)114-29-43-42(22-49(119-43)83-26-37(5)61(90)79-71(83)96)125-131(102,135)116-32-46-51(55(110-18-14-106-9)65(122-46)86-27-38(6)62(91)80-72(86)97)126-129(99,100)113-31-45-52(56(111-19-15-107-10)67(121-45)87-28-39(7)63(92)81-73(87)98)127-133(104,137)117-33-47-53(57(112-20-16-108-11)66(123-47)85-24-35(3)59(75)77-69(85)94)128-132(103,136)115-30-44-50(88)54(109-17-13-105-8)64(120-44)84-23-34(2)58(74)76-68(84)93/h23-28,40-57,64-67,88H,12-22,29-33H2,1-11H3,(H,99,100)(H,101,134)(H,102,135)(H,103,136)(H,104,137)(H2,74,76,93)(H2,75,77,94)(H,78,89,95)(H,79,90,96)(H,80,91,97)(H,81,92,98)/p-5/t40-,41?,42?,43-,44-,45-,46-,47-,48-,49-,50?,51?,52?,53?,54+,55+,56+,57+,64-,65-,66-,67-,130?,131?,132?,133?/m1/s1. The number of hydrogen-bond donors (Lipinski definition) is 7. The number of rotatable bonds is 48. The quantitative estimate of drug-likeness (QED) is 0.0108. The number of anilines is 2. The molecule has 0 amide bonds. The second kappa shape index (κ2) is 47.0. The highest BCUT2D eigenvalue weighted by molar-refractivity contribution is 8.32. The zero-order chi connectivity index (χ0) is 99.8. The van der Waals surface area contributed by atoms with Crippen molar-refractivity contribution in [3.8, 4) is 0 Å². The van der Waals surface area contributed by atoms with Crippen LogP contribution in [0, 0.1) is 41.5 Å². The van der Waals surface area contributed by atoms with Crippen molar-refractivity contribution in [2.75, 3.05) is 126 Å². The van der Waals surface area contributed by atoms with Gasteiger partial charge in [0.15, 0.2) is 31.7 Å². The van der Waals surface area contributed by atoms with Crippen molar-refractivity contribution in [2.45, 2.75) is 203 Å². The predicted octanol–water partition coefficient (Wildman–Crippen LogP) is -4.34. The number of nitrogens with two attached hydrogens (primary N) is 2. The molecule has 0 spiro atoms. The number of phosphoric acid groups is 1. The van der Waals surface area contributed by atoms with E-state index >= 15 is 14.4 Å². The van der Waals surface area contributed by atoms with Crippen LogP contribution in [0.1, 0.15) is 96.9 Å². The Labute approximate surface area is 796 Å². The highest BCUT2D eigenvalue weighted by Gasteiger charge is 2.55. The summed E-state index contributed by atoms with van der Waals surface area (Å²) in [5.41, 5.74) is 3.21. The molecule has 0 aromatic carbocycles. The van der Waals surface area contributed by atoms with Gasteiger partial charge in [0.25, 0.3) is 30.1 Å². The summed E-state index contributed by atoms with van der Waals surface area (Å²) in [4.78, 5) is 208. The van der Waals surface area contributed by atoms with Crippen LogP contribution < -0.4 is 87.4 Å². The maximum atomic E-state index is 15.4. The zero-order valence-corrected chi connectivity index (χ0v) is 82.6. The Kier molecular flexibility index (Phi) is 37.6. The Balaban J connectivity index is 0.824. The molecule has 764 valence electrons. The number of aromatic amines is 4. The number of methoxy groups -OCH3 is 4. The summed E-state index contributed by atoms with van der Waals surface area (Å²) in [6, 6.07) is 0. The van der Waals surface area contributed by atoms with Crippen molar-refractivity contribution >= 4 is 94.1 Å². The molecule has 6 aliphatic heterocycles. The van der Waals surface area contributed by atoms with E-state index in [0.717, 1.165) is 46.0 Å². The van der Waals surface area contributed by atoms with Gasteiger partial charge in [-0.25, -0.2) is 28.8 Å². The molecule has 6 saturated heterocycles. The third-order valence-corrected chi connectivity index (χ3v) is 29.4. The third kappa shape index (κ3) is 27.2. The normalized spacial score (nSPS) is 29.5. The maximum Gasteiger partial charge on any atom is 0.351 e. The SMILES string of the molecule is CC[C@H]1O[C@@H](n2cc(C)c(=O)[nH]c2=O)CC1OP([O-])(=S)OC[C@H]1O[C@@H](n2cc(C)c(=O)[nH]c2=O)CC1OP(=O)([S-])OC[C@H]1O[C@@H](n2cc(C)c(=O)[nH]c2=O)[C@@H](OCCOC)C1OP(=O)([O-])OC[C@H]1O[C@@H](n2cc(C)c(=O)[nH]c2=O)[C@@H](OCCOC)C1OP([O-])(=S)OC[C@H]1O[C@@H](n2cc(C)c(N)nc2=O)[C@@H](OCCOC)C1OP([O-])(=S)OC[C@H]1O[C@@H](n2cc(C)c(N)nc2=O)[C@@H](OCCOC)C1O. The van der Waals surface area contributed by atoms with Gasteiger partial charge in [-0.15, -0.1) is 0 Å². The van der Waals surface area contributed by atoms with E-state index in [0.29, 0.717) is 5.56 Å². The molecule has 12 heterocycles. The van der Waals surface area contributed by atoms with E-state index < -0.39 is 279 Å². The first kappa shape index (κ1) is 109. The van der Waals surface area contributed by atoms with Crippen LogP contribution >= 0.6 is 34.8 Å². The molecule has 0 radical (unpaired) electrons. The Morgan fingerprint density at radius 3 is 1.11 bits per heavy atom. The Morgan fingerprint density at radius 1 is 0.401 bits per heavy atom. The number of aliphatic hydroxyl groups is 1. The number of nitrogens with zero attached hydrogens (tertiary/aromatic N) is 8. The van der Waals surface area contributed by atoms with Gasteiger partial charge in [0.05, 0.1) is 104 Å². The first-order valence-electron chi connectivity index (χ1n) is 41.9. The van der Waals surface area contributed by atoms with Gasteiger partial charge in [-0.1, -0.05) is 42.3 Å². The van der Waals surface area contributed by atoms with Crippen LogP contribution in [0.15, 0.2) is 85.1 Å². The van der Waals surface area contributed by atoms with Gasteiger partial charge in [0.2, 0.25) is 0 Å². The minimum Gasteiger partial charge on any atom is -0.780 e. The van der Waals surface area contributed by atoms with Crippen LogP contribution in [0.5, 0.6) is 0 Å². The Bertz CT molecular complexity index is 6170. The summed E-state index contributed by atoms with van der Waals surface area (Å²) in [5, 5.41) is 11.7. The number of nitrogens with one attached hydrogen (secondary N) is 4. The Morgan fingerprint density at radius 2 is 0.708 bits per heavy atom. The average Bonchev–Trinajstić information content (AvgIpc) is 1.64. The van der Waals surface area contributed by atoms with Gasteiger partial charge >= 0.3 is 34.1 Å². The first-order valence-corrected chi connectivity index (χ1v) is 53.6. The minimum absolute atomic E-state index is 0.0157. The smallest absolute Gasteiger partial charge is 0.351 e. The van der Waals surface area contributed by atoms with E-state index in [4.69, 9.17) is 171 Å². The number of phosphoric ester groups is 1. The minimum atomic E-state index is -6.19. The van der Waals surface area contributed by atoms with E-state index in [1.54, 1.807) is 13.8 Å². The number of ether oxygens (including phenoxy) is 14. The molecule has 27 atom stereocenters. The van der Waals surface area contributed by atoms with E-state index in [1.165, 1.54) is 81.6 Å². The number of H-pyrrole nitrogens is 4. The van der Waals surface area contributed by atoms with Crippen LogP contribution in [0.25, 0.3) is 0 Å². The number of aliphatic hydroxyl groups excluding tert-OH is 1. The summed E-state index contributed by atoms with van der Waals surface area (Å²) in [6.45, 7) is -17.4. The molecule has 6 aliphatic rings. The van der Waals surface area contributed by atoms with Crippen molar-refractivity contribution < 1.29 is 145 Å². The second-order valence-electron chi connectivity index (χ2n) is 31.8. The zero-order valence-electron chi connectivity index (χ0n) is 74.9. The largest absolute Gasteiger partial charge is 0.780 e. The van der Waals surface area contributed by atoms with E-state index in [1.807, 2.05) is 0 Å². The maximum absolute atomic E-state index is 15.4. The van der Waals surface area contributed by atoms with Gasteiger partial charge in [-0.2, -0.15) is 9.97 Å². The molecule has 0 bridgehead atoms. The molecular weight excluding hydrogens is 2010 g/mol. The fraction of sp³-hybridized carbons (Fsp3) is 0.671. The van der Waals surface area contributed by atoms with E-state index in [2.05, 4.69) is 29.9 Å².